The first kappa shape index (κ1) is 21.1. The Balaban J connectivity index is 1.32. The third-order valence-electron chi connectivity index (χ3n) is 5.45. The number of nitrogens with zero attached hydrogens (tertiary/aromatic N) is 3. The van der Waals surface area contributed by atoms with Gasteiger partial charge in [-0.25, -0.2) is 14.8 Å². The molecule has 8 heteroatoms. The minimum absolute atomic E-state index is 0.0202. The number of hydrogen-bond acceptors (Lipinski definition) is 6. The predicted molar refractivity (Wildman–Crippen MR) is 116 cm³/mol. The normalized spacial score (nSPS) is 18.0. The molecule has 1 atom stereocenters. The van der Waals surface area contributed by atoms with Gasteiger partial charge in [0.15, 0.2) is 5.75 Å². The van der Waals surface area contributed by atoms with E-state index in [4.69, 9.17) is 19.8 Å². The van der Waals surface area contributed by atoms with E-state index < -0.39 is 6.09 Å². The van der Waals surface area contributed by atoms with Gasteiger partial charge in [0.05, 0.1) is 12.4 Å². The van der Waals surface area contributed by atoms with Crippen LogP contribution in [0.3, 0.4) is 0 Å². The second-order valence-electron chi connectivity index (χ2n) is 7.67. The van der Waals surface area contributed by atoms with Crippen LogP contribution >= 0.6 is 0 Å². The summed E-state index contributed by atoms with van der Waals surface area (Å²) < 4.78 is 11.6. The van der Waals surface area contributed by atoms with Crippen LogP contribution in [0.2, 0.25) is 0 Å². The maximum atomic E-state index is 10.6. The van der Waals surface area contributed by atoms with E-state index in [1.807, 2.05) is 54.6 Å². The number of aromatic nitrogens is 2. The second-order valence-corrected chi connectivity index (χ2v) is 7.67. The monoisotopic (exact) mass is 430 g/mol. The molecule has 1 saturated carbocycles. The molecule has 1 aliphatic carbocycles. The van der Waals surface area contributed by atoms with Crippen LogP contribution in [-0.4, -0.2) is 33.3 Å². The van der Waals surface area contributed by atoms with Gasteiger partial charge in [0.1, 0.15) is 23.7 Å². The Kier molecular flexibility index (Phi) is 6.17. The van der Waals surface area contributed by atoms with Crippen LogP contribution in [0.25, 0.3) is 0 Å². The van der Waals surface area contributed by atoms with Gasteiger partial charge in [-0.15, -0.1) is 0 Å². The maximum absolute atomic E-state index is 10.6. The molecule has 0 aliphatic heterocycles. The minimum Gasteiger partial charge on any atom is -0.490 e. The zero-order chi connectivity index (χ0) is 22.5. The Morgan fingerprint density at radius 3 is 2.12 bits per heavy atom. The largest absolute Gasteiger partial charge is 0.490 e. The van der Waals surface area contributed by atoms with Crippen molar-refractivity contribution in [2.75, 3.05) is 0 Å². The van der Waals surface area contributed by atoms with E-state index in [-0.39, 0.29) is 23.9 Å². The molecule has 0 radical (unpaired) electrons. The molecule has 8 nitrogen and oxygen atoms in total. The highest BCUT2D eigenvalue weighted by Crippen LogP contribution is 2.30. The number of hydrogen-bond donors (Lipinski definition) is 2. The smallest absolute Gasteiger partial charge is 0.404 e. The average Bonchev–Trinajstić information content (AvgIpc) is 2.78. The van der Waals surface area contributed by atoms with Crippen LogP contribution in [-0.2, 0) is 0 Å². The van der Waals surface area contributed by atoms with Crippen LogP contribution in [0.5, 0.6) is 17.2 Å². The standard InChI is InChI=1S/C24H22N4O4/c1-15(16-2-6-19(7-3-16)31-21-10-18(11-21)28-24(29)30)17-4-8-20(9-5-17)32-22-13-26-23(12-25)27-14-22/h2-9,13-15,18,21,28H,10-11H2,1H3,(H,29,30). The van der Waals surface area contributed by atoms with Crippen LogP contribution in [0.1, 0.15) is 42.6 Å². The van der Waals surface area contributed by atoms with Crippen LogP contribution in [0.15, 0.2) is 60.9 Å². The van der Waals surface area contributed by atoms with Gasteiger partial charge < -0.3 is 19.9 Å². The summed E-state index contributed by atoms with van der Waals surface area (Å²) in [5.41, 5.74) is 2.30. The molecular weight excluding hydrogens is 408 g/mol. The van der Waals surface area contributed by atoms with Crippen molar-refractivity contribution >= 4 is 6.09 Å². The summed E-state index contributed by atoms with van der Waals surface area (Å²) in [6.45, 7) is 2.13. The highest BCUT2D eigenvalue weighted by Gasteiger charge is 2.32. The summed E-state index contributed by atoms with van der Waals surface area (Å²) in [5, 5.41) is 20.0. The number of carboxylic acid groups (broad SMARTS) is 1. The van der Waals surface area contributed by atoms with Crippen molar-refractivity contribution in [1.29, 1.82) is 5.26 Å². The molecule has 1 aliphatic rings. The first-order chi connectivity index (χ1) is 15.5. The SMILES string of the molecule is CC(c1ccc(Oc2cnc(C#N)nc2)cc1)c1ccc(OC2CC(NC(=O)O)C2)cc1. The van der Waals surface area contributed by atoms with Gasteiger partial charge >= 0.3 is 6.09 Å². The molecule has 162 valence electrons. The van der Waals surface area contributed by atoms with Crippen molar-refractivity contribution in [3.63, 3.8) is 0 Å². The Morgan fingerprint density at radius 2 is 1.59 bits per heavy atom. The second kappa shape index (κ2) is 9.35. The van der Waals surface area contributed by atoms with Gasteiger partial charge in [0.25, 0.3) is 0 Å². The zero-order valence-electron chi connectivity index (χ0n) is 17.4. The lowest BCUT2D eigenvalue weighted by Gasteiger charge is -2.35. The topological polar surface area (TPSA) is 117 Å². The maximum Gasteiger partial charge on any atom is 0.404 e. The quantitative estimate of drug-likeness (QED) is 0.568. The van der Waals surface area contributed by atoms with Gasteiger partial charge in [0, 0.05) is 24.8 Å². The highest BCUT2D eigenvalue weighted by molar-refractivity contribution is 5.65. The molecule has 1 heterocycles. The molecule has 2 N–H and O–H groups in total. The van der Waals surface area contributed by atoms with Gasteiger partial charge in [0.2, 0.25) is 5.82 Å². The molecule has 0 spiro atoms. The first-order valence-electron chi connectivity index (χ1n) is 10.3. The molecule has 1 amide bonds. The number of ether oxygens (including phenoxy) is 2. The molecule has 4 rings (SSSR count). The summed E-state index contributed by atoms with van der Waals surface area (Å²) >= 11 is 0. The Labute approximate surface area is 185 Å². The number of nitriles is 1. The zero-order valence-corrected chi connectivity index (χ0v) is 17.4. The van der Waals surface area contributed by atoms with Crippen molar-refractivity contribution in [1.82, 2.24) is 15.3 Å². The summed E-state index contributed by atoms with van der Waals surface area (Å²) in [5.74, 6) is 2.20. The molecule has 32 heavy (non-hydrogen) atoms. The molecule has 1 fully saturated rings. The number of nitrogens with one attached hydrogen (secondary N) is 1. The molecule has 3 aromatic rings. The lowest BCUT2D eigenvalue weighted by molar-refractivity contribution is 0.0834. The van der Waals surface area contributed by atoms with E-state index in [0.717, 1.165) is 16.9 Å². The predicted octanol–water partition coefficient (Wildman–Crippen LogP) is 4.47. The highest BCUT2D eigenvalue weighted by atomic mass is 16.5. The number of rotatable bonds is 7. The van der Waals surface area contributed by atoms with Gasteiger partial charge in [-0.3, -0.25) is 0 Å². The van der Waals surface area contributed by atoms with E-state index in [2.05, 4.69) is 22.2 Å². The summed E-state index contributed by atoms with van der Waals surface area (Å²) in [7, 11) is 0. The van der Waals surface area contributed by atoms with E-state index >= 15 is 0 Å². The third-order valence-corrected chi connectivity index (χ3v) is 5.45. The Bertz CT molecular complexity index is 1100. The Hall–Kier alpha value is -4.12. The lowest BCUT2D eigenvalue weighted by Crippen LogP contribution is -2.48. The van der Waals surface area contributed by atoms with Gasteiger partial charge in [-0.05, 0) is 35.4 Å². The van der Waals surface area contributed by atoms with Gasteiger partial charge in [-0.1, -0.05) is 31.2 Å². The number of benzene rings is 2. The molecule has 0 saturated heterocycles. The fourth-order valence-electron chi connectivity index (χ4n) is 3.56. The number of carbonyl (C=O) groups is 1. The summed E-state index contributed by atoms with van der Waals surface area (Å²) in [6.07, 6.45) is 3.37. The molecule has 2 aromatic carbocycles. The Morgan fingerprint density at radius 1 is 1.03 bits per heavy atom. The van der Waals surface area contributed by atoms with Crippen molar-refractivity contribution < 1.29 is 19.4 Å². The van der Waals surface area contributed by atoms with Crippen LogP contribution < -0.4 is 14.8 Å². The van der Waals surface area contributed by atoms with Gasteiger partial charge in [-0.2, -0.15) is 5.26 Å². The van der Waals surface area contributed by atoms with Crippen LogP contribution in [0, 0.1) is 11.3 Å². The number of amides is 1. The van der Waals surface area contributed by atoms with E-state index in [9.17, 15) is 4.79 Å². The average molecular weight is 430 g/mol. The lowest BCUT2D eigenvalue weighted by atomic mass is 9.89. The van der Waals surface area contributed by atoms with E-state index in [0.29, 0.717) is 24.3 Å². The summed E-state index contributed by atoms with van der Waals surface area (Å²) in [6, 6.07) is 17.6. The van der Waals surface area contributed by atoms with E-state index in [1.54, 1.807) is 0 Å². The molecular formula is C24H22N4O4. The van der Waals surface area contributed by atoms with Crippen LogP contribution in [0.4, 0.5) is 4.79 Å². The fraction of sp³-hybridized carbons (Fsp3) is 0.250. The summed E-state index contributed by atoms with van der Waals surface area (Å²) in [4.78, 5) is 18.4. The van der Waals surface area contributed by atoms with Crippen molar-refractivity contribution in [2.45, 2.75) is 37.8 Å². The van der Waals surface area contributed by atoms with Crippen molar-refractivity contribution in [3.8, 4) is 23.3 Å². The van der Waals surface area contributed by atoms with E-state index in [1.165, 1.54) is 12.4 Å². The first-order valence-corrected chi connectivity index (χ1v) is 10.3. The minimum atomic E-state index is -0.991. The molecule has 1 unspecified atom stereocenters. The molecule has 1 aromatic heterocycles. The third kappa shape index (κ3) is 5.13. The van der Waals surface area contributed by atoms with Crippen molar-refractivity contribution in [3.05, 3.63) is 77.9 Å². The van der Waals surface area contributed by atoms with Crippen molar-refractivity contribution in [2.24, 2.45) is 0 Å². The molecule has 0 bridgehead atoms. The fourth-order valence-corrected chi connectivity index (χ4v) is 3.56.